The third kappa shape index (κ3) is 7.19. The van der Waals surface area contributed by atoms with Crippen LogP contribution in [-0.4, -0.2) is 87.8 Å². The summed E-state index contributed by atoms with van der Waals surface area (Å²) >= 11 is 0. The summed E-state index contributed by atoms with van der Waals surface area (Å²) < 4.78 is 24.6. The molecule has 1 aliphatic heterocycles. The van der Waals surface area contributed by atoms with Gasteiger partial charge in [-0.15, -0.1) is 0 Å². The Morgan fingerprint density at radius 1 is 0.932 bits per heavy atom. The van der Waals surface area contributed by atoms with Crippen molar-refractivity contribution in [2.45, 2.75) is 39.7 Å². The van der Waals surface area contributed by atoms with Crippen molar-refractivity contribution in [2.24, 2.45) is 0 Å². The van der Waals surface area contributed by atoms with Gasteiger partial charge in [0.2, 0.25) is 5.88 Å². The molecule has 0 aliphatic carbocycles. The first kappa shape index (κ1) is 30.6. The molecular weight excluding hydrogens is 564 g/mol. The number of amides is 2. The molecule has 0 radical (unpaired) electrons. The highest BCUT2D eigenvalue weighted by molar-refractivity contribution is 5.96. The predicted octanol–water partition coefficient (Wildman–Crippen LogP) is 4.50. The van der Waals surface area contributed by atoms with Gasteiger partial charge in [0.1, 0.15) is 23.8 Å². The van der Waals surface area contributed by atoms with E-state index in [-0.39, 0.29) is 24.1 Å². The fraction of sp³-hybridized carbons (Fsp3) is 0.406. The smallest absolute Gasteiger partial charge is 0.276 e. The van der Waals surface area contributed by atoms with E-state index in [1.165, 1.54) is 0 Å². The van der Waals surface area contributed by atoms with Crippen molar-refractivity contribution in [1.29, 1.82) is 0 Å². The van der Waals surface area contributed by atoms with E-state index in [2.05, 4.69) is 19.7 Å². The number of hydrogen-bond donors (Lipinski definition) is 0. The largest absolute Gasteiger partial charge is 0.493 e. The van der Waals surface area contributed by atoms with E-state index in [1.54, 1.807) is 49.5 Å². The molecule has 3 aromatic heterocycles. The van der Waals surface area contributed by atoms with Gasteiger partial charge in [-0.05, 0) is 63.4 Å². The summed E-state index contributed by atoms with van der Waals surface area (Å²) in [4.78, 5) is 39.6. The van der Waals surface area contributed by atoms with Gasteiger partial charge in [0.05, 0.1) is 20.3 Å². The van der Waals surface area contributed by atoms with Gasteiger partial charge >= 0.3 is 0 Å². The van der Waals surface area contributed by atoms with Crippen LogP contribution in [0.1, 0.15) is 52.8 Å². The Morgan fingerprint density at radius 2 is 1.73 bits per heavy atom. The quantitative estimate of drug-likeness (QED) is 0.325. The second-order valence-corrected chi connectivity index (χ2v) is 10.4. The van der Waals surface area contributed by atoms with Crippen LogP contribution in [0.25, 0.3) is 11.4 Å². The van der Waals surface area contributed by atoms with E-state index in [9.17, 15) is 9.59 Å². The molecule has 5 rings (SSSR count). The van der Waals surface area contributed by atoms with E-state index < -0.39 is 0 Å². The lowest BCUT2D eigenvalue weighted by Crippen LogP contribution is -2.37. The summed E-state index contributed by atoms with van der Waals surface area (Å²) in [5.41, 5.74) is 1.55. The molecule has 1 aliphatic rings. The molecule has 0 fully saturated rings. The third-order valence-electron chi connectivity index (χ3n) is 7.39. The maximum atomic E-state index is 13.8. The van der Waals surface area contributed by atoms with Gasteiger partial charge in [0, 0.05) is 56.4 Å². The average molecular weight is 603 g/mol. The molecule has 0 N–H and O–H groups in total. The van der Waals surface area contributed by atoms with Crippen molar-refractivity contribution < 1.29 is 28.3 Å². The van der Waals surface area contributed by atoms with Crippen LogP contribution in [0, 0.1) is 6.92 Å². The molecule has 4 heterocycles. The van der Waals surface area contributed by atoms with Crippen LogP contribution < -0.4 is 14.2 Å². The zero-order valence-corrected chi connectivity index (χ0v) is 25.4. The Labute approximate surface area is 256 Å². The summed E-state index contributed by atoms with van der Waals surface area (Å²) in [7, 11) is 1.59. The number of carbonyl (C=O) groups is 2. The fourth-order valence-electron chi connectivity index (χ4n) is 5.22. The highest BCUT2D eigenvalue weighted by Gasteiger charge is 2.23. The molecule has 44 heavy (non-hydrogen) atoms. The van der Waals surface area contributed by atoms with Crippen LogP contribution in [-0.2, 0) is 6.54 Å². The van der Waals surface area contributed by atoms with Crippen molar-refractivity contribution in [1.82, 2.24) is 29.5 Å². The predicted molar refractivity (Wildman–Crippen MR) is 162 cm³/mol. The normalized spacial score (nSPS) is 14.7. The highest BCUT2D eigenvalue weighted by atomic mass is 16.5. The van der Waals surface area contributed by atoms with E-state index in [1.807, 2.05) is 36.2 Å². The number of benzene rings is 1. The van der Waals surface area contributed by atoms with Crippen molar-refractivity contribution >= 4 is 11.8 Å². The Kier molecular flexibility index (Phi) is 10.1. The van der Waals surface area contributed by atoms with Crippen molar-refractivity contribution in [2.75, 3.05) is 46.5 Å². The van der Waals surface area contributed by atoms with Gasteiger partial charge in [0.15, 0.2) is 17.2 Å². The Balaban J connectivity index is 1.43. The minimum absolute atomic E-state index is 0.135. The summed E-state index contributed by atoms with van der Waals surface area (Å²) in [6.07, 6.45) is 7.38. The number of hydrogen-bond acceptors (Lipinski definition) is 9. The minimum atomic E-state index is -0.240. The molecule has 2 amide bonds. The first-order valence-electron chi connectivity index (χ1n) is 14.9. The van der Waals surface area contributed by atoms with E-state index >= 15 is 0 Å². The Morgan fingerprint density at radius 3 is 2.48 bits per heavy atom. The number of imidazole rings is 1. The number of rotatable bonds is 5. The Hall–Kier alpha value is -4.87. The third-order valence-corrected chi connectivity index (χ3v) is 7.39. The lowest BCUT2D eigenvalue weighted by atomic mass is 10.2. The molecule has 1 aromatic carbocycles. The lowest BCUT2D eigenvalue weighted by molar-refractivity contribution is 0.0695. The van der Waals surface area contributed by atoms with Gasteiger partial charge in [-0.25, -0.2) is 9.97 Å². The molecule has 12 heteroatoms. The van der Waals surface area contributed by atoms with Crippen molar-refractivity contribution in [3.63, 3.8) is 0 Å². The van der Waals surface area contributed by atoms with Crippen molar-refractivity contribution in [3.05, 3.63) is 72.0 Å². The number of fused-ring (bicyclic) bond motifs is 4. The molecule has 0 saturated carbocycles. The molecule has 4 aromatic rings. The van der Waals surface area contributed by atoms with Crippen LogP contribution in [0.3, 0.4) is 0 Å². The summed E-state index contributed by atoms with van der Waals surface area (Å²) in [6.45, 7) is 6.73. The maximum Gasteiger partial charge on any atom is 0.276 e. The number of carbonyl (C=O) groups excluding carboxylic acids is 2. The molecule has 12 nitrogen and oxygen atoms in total. The van der Waals surface area contributed by atoms with Gasteiger partial charge < -0.3 is 33.1 Å². The highest BCUT2D eigenvalue weighted by Crippen LogP contribution is 2.32. The van der Waals surface area contributed by atoms with E-state index in [0.29, 0.717) is 87.3 Å². The van der Waals surface area contributed by atoms with Gasteiger partial charge in [-0.3, -0.25) is 9.59 Å². The SMILES string of the molecule is CCOc1ncccc1C(=O)N1CCCCN(C(=O)c2cc(C)on2)CCOc2cc(ccc2OC)-c2nccn2CCC1. The summed E-state index contributed by atoms with van der Waals surface area (Å²) in [5, 5.41) is 3.93. The fourth-order valence-corrected chi connectivity index (χ4v) is 5.22. The van der Waals surface area contributed by atoms with Gasteiger partial charge in [-0.2, -0.15) is 0 Å². The van der Waals surface area contributed by atoms with Gasteiger partial charge in [0.25, 0.3) is 11.8 Å². The van der Waals surface area contributed by atoms with Crippen LogP contribution >= 0.6 is 0 Å². The van der Waals surface area contributed by atoms with E-state index in [0.717, 1.165) is 11.4 Å². The first-order chi connectivity index (χ1) is 21.5. The van der Waals surface area contributed by atoms with Crippen LogP contribution in [0.2, 0.25) is 0 Å². The van der Waals surface area contributed by atoms with E-state index in [4.69, 9.17) is 18.7 Å². The monoisotopic (exact) mass is 602 g/mol. The Bertz CT molecular complexity index is 1570. The number of pyridine rings is 1. The zero-order chi connectivity index (χ0) is 30.9. The standard InChI is InChI=1S/C32H38N6O6/c1-4-42-30-25(9-7-12-34-30)31(39)37-14-5-6-15-38(32(40)26-21-23(2)44-35-26)19-20-43-28-22-24(10-11-27(28)41-3)29-33-13-18-36(29)16-8-17-37/h7,9-13,18,21-22H,4-6,8,14-17,19-20H2,1-3H3. The topological polar surface area (TPSA) is 125 Å². The number of methoxy groups -OCH3 is 1. The van der Waals surface area contributed by atoms with Gasteiger partial charge in [-0.1, -0.05) is 5.16 Å². The zero-order valence-electron chi connectivity index (χ0n) is 25.4. The second-order valence-electron chi connectivity index (χ2n) is 10.4. The summed E-state index contributed by atoms with van der Waals surface area (Å²) in [6, 6.07) is 10.8. The maximum absolute atomic E-state index is 13.8. The molecule has 0 unspecified atom stereocenters. The number of ether oxygens (including phenoxy) is 3. The van der Waals surface area contributed by atoms with Crippen LogP contribution in [0.5, 0.6) is 17.4 Å². The van der Waals surface area contributed by atoms with Crippen molar-refractivity contribution in [3.8, 4) is 28.8 Å². The molecule has 0 atom stereocenters. The molecule has 232 valence electrons. The lowest BCUT2D eigenvalue weighted by Gasteiger charge is -2.25. The number of aryl methyl sites for hydroxylation is 2. The molecule has 0 saturated heterocycles. The molecule has 2 bridgehead atoms. The first-order valence-corrected chi connectivity index (χ1v) is 14.9. The molecule has 0 spiro atoms. The number of nitrogens with zero attached hydrogens (tertiary/aromatic N) is 6. The van der Waals surface area contributed by atoms with Crippen LogP contribution in [0.4, 0.5) is 0 Å². The number of aromatic nitrogens is 4. The molecular formula is C32H38N6O6. The minimum Gasteiger partial charge on any atom is -0.493 e. The van der Waals surface area contributed by atoms with Crippen LogP contribution in [0.15, 0.2) is 59.5 Å². The summed E-state index contributed by atoms with van der Waals surface area (Å²) in [5.74, 6) is 2.45. The average Bonchev–Trinajstić information content (AvgIpc) is 3.69. The second kappa shape index (κ2) is 14.5.